The molecule has 3 rings (SSSR count). The molecule has 0 fully saturated rings. The monoisotopic (exact) mass is 337 g/mol. The standard InChI is InChI=1S/C19H19N3O3/c1-12-7-8-17-21-15(10-22(17)9-12)11-25-19(24)16-6-4-5-13(2)18(16)20-14(3)23/h4-10H,11H2,1-3H3,(H,20,23). The van der Waals surface area contributed by atoms with E-state index in [1.54, 1.807) is 12.1 Å². The van der Waals surface area contributed by atoms with E-state index in [0.717, 1.165) is 16.8 Å². The number of esters is 1. The molecule has 0 aliphatic heterocycles. The second-order valence-corrected chi connectivity index (χ2v) is 5.96. The summed E-state index contributed by atoms with van der Waals surface area (Å²) in [6.45, 7) is 5.29. The number of nitrogens with one attached hydrogen (secondary N) is 1. The van der Waals surface area contributed by atoms with E-state index >= 15 is 0 Å². The number of para-hydroxylation sites is 1. The summed E-state index contributed by atoms with van der Waals surface area (Å²) in [5, 5.41) is 2.69. The van der Waals surface area contributed by atoms with Crippen molar-refractivity contribution in [1.29, 1.82) is 0 Å². The van der Waals surface area contributed by atoms with Crippen molar-refractivity contribution in [2.75, 3.05) is 5.32 Å². The molecule has 1 amide bonds. The van der Waals surface area contributed by atoms with Crippen LogP contribution in [0.3, 0.4) is 0 Å². The van der Waals surface area contributed by atoms with Crippen molar-refractivity contribution in [3.8, 4) is 0 Å². The van der Waals surface area contributed by atoms with E-state index in [-0.39, 0.29) is 12.5 Å². The summed E-state index contributed by atoms with van der Waals surface area (Å²) in [6.07, 6.45) is 3.80. The van der Waals surface area contributed by atoms with Crippen LogP contribution < -0.4 is 5.32 Å². The van der Waals surface area contributed by atoms with Crippen molar-refractivity contribution in [3.05, 3.63) is 65.1 Å². The Bertz CT molecular complexity index is 960. The lowest BCUT2D eigenvalue weighted by molar-refractivity contribution is -0.114. The van der Waals surface area contributed by atoms with Gasteiger partial charge in [-0.1, -0.05) is 18.2 Å². The van der Waals surface area contributed by atoms with Gasteiger partial charge in [-0.25, -0.2) is 9.78 Å². The zero-order valence-electron chi connectivity index (χ0n) is 14.4. The van der Waals surface area contributed by atoms with Gasteiger partial charge in [-0.2, -0.15) is 0 Å². The van der Waals surface area contributed by atoms with Gasteiger partial charge >= 0.3 is 5.97 Å². The molecule has 25 heavy (non-hydrogen) atoms. The second kappa shape index (κ2) is 6.76. The van der Waals surface area contributed by atoms with Crippen LogP contribution in [0.25, 0.3) is 5.65 Å². The Hall–Kier alpha value is -3.15. The van der Waals surface area contributed by atoms with Crippen LogP contribution in [-0.2, 0) is 16.1 Å². The minimum absolute atomic E-state index is 0.0625. The maximum Gasteiger partial charge on any atom is 0.340 e. The molecule has 0 aliphatic carbocycles. The number of imidazole rings is 1. The smallest absolute Gasteiger partial charge is 0.340 e. The largest absolute Gasteiger partial charge is 0.455 e. The number of hydrogen-bond acceptors (Lipinski definition) is 4. The van der Waals surface area contributed by atoms with Crippen LogP contribution in [0.5, 0.6) is 0 Å². The number of fused-ring (bicyclic) bond motifs is 1. The van der Waals surface area contributed by atoms with E-state index in [0.29, 0.717) is 16.9 Å². The Morgan fingerprint density at radius 3 is 2.72 bits per heavy atom. The third kappa shape index (κ3) is 3.68. The molecule has 0 aliphatic rings. The Morgan fingerprint density at radius 1 is 1.16 bits per heavy atom. The van der Waals surface area contributed by atoms with E-state index in [1.165, 1.54) is 6.92 Å². The first-order valence-corrected chi connectivity index (χ1v) is 7.92. The number of hydrogen-bond donors (Lipinski definition) is 1. The van der Waals surface area contributed by atoms with E-state index in [4.69, 9.17) is 4.74 Å². The predicted octanol–water partition coefficient (Wildman–Crippen LogP) is 3.27. The quantitative estimate of drug-likeness (QED) is 0.742. The number of pyridine rings is 1. The normalized spacial score (nSPS) is 10.7. The number of aromatic nitrogens is 2. The van der Waals surface area contributed by atoms with Gasteiger partial charge in [0.25, 0.3) is 0 Å². The molecule has 0 spiro atoms. The van der Waals surface area contributed by atoms with Gasteiger partial charge in [-0.3, -0.25) is 4.79 Å². The molecule has 2 heterocycles. The molecule has 3 aromatic rings. The average Bonchev–Trinajstić information content (AvgIpc) is 2.96. The Kier molecular flexibility index (Phi) is 4.52. The summed E-state index contributed by atoms with van der Waals surface area (Å²) in [7, 11) is 0. The molecule has 6 heteroatoms. The number of carbonyl (C=O) groups excluding carboxylic acids is 2. The van der Waals surface area contributed by atoms with Crippen molar-refractivity contribution in [2.45, 2.75) is 27.4 Å². The number of aryl methyl sites for hydroxylation is 2. The topological polar surface area (TPSA) is 72.7 Å². The lowest BCUT2D eigenvalue weighted by atomic mass is 10.1. The molecule has 0 saturated heterocycles. The predicted molar refractivity (Wildman–Crippen MR) is 94.5 cm³/mol. The highest BCUT2D eigenvalue weighted by Crippen LogP contribution is 2.22. The van der Waals surface area contributed by atoms with Crippen molar-refractivity contribution < 1.29 is 14.3 Å². The first-order chi connectivity index (χ1) is 11.9. The van der Waals surface area contributed by atoms with Crippen molar-refractivity contribution in [3.63, 3.8) is 0 Å². The van der Waals surface area contributed by atoms with Gasteiger partial charge in [0.05, 0.1) is 16.9 Å². The maximum absolute atomic E-state index is 12.4. The molecule has 0 radical (unpaired) electrons. The summed E-state index contributed by atoms with van der Waals surface area (Å²) >= 11 is 0. The number of benzene rings is 1. The van der Waals surface area contributed by atoms with Crippen molar-refractivity contribution in [1.82, 2.24) is 9.38 Å². The molecule has 0 saturated carbocycles. The molecule has 2 aromatic heterocycles. The van der Waals surface area contributed by atoms with Crippen molar-refractivity contribution >= 4 is 23.2 Å². The first-order valence-electron chi connectivity index (χ1n) is 7.92. The highest BCUT2D eigenvalue weighted by molar-refractivity contribution is 6.01. The molecule has 0 atom stereocenters. The highest BCUT2D eigenvalue weighted by atomic mass is 16.5. The molecule has 1 aromatic carbocycles. The number of nitrogens with zero attached hydrogens (tertiary/aromatic N) is 2. The highest BCUT2D eigenvalue weighted by Gasteiger charge is 2.16. The number of rotatable bonds is 4. The van der Waals surface area contributed by atoms with Crippen LogP contribution in [0.15, 0.2) is 42.7 Å². The molecule has 128 valence electrons. The van der Waals surface area contributed by atoms with Gasteiger partial charge in [-0.15, -0.1) is 0 Å². The Labute approximate surface area is 145 Å². The fourth-order valence-corrected chi connectivity index (χ4v) is 2.62. The lowest BCUT2D eigenvalue weighted by Gasteiger charge is -2.12. The summed E-state index contributed by atoms with van der Waals surface area (Å²) in [4.78, 5) is 28.2. The molecular formula is C19H19N3O3. The van der Waals surface area contributed by atoms with Gasteiger partial charge in [0.2, 0.25) is 5.91 Å². The number of amides is 1. The first kappa shape index (κ1) is 16.7. The van der Waals surface area contributed by atoms with Gasteiger partial charge in [0, 0.05) is 19.3 Å². The number of ether oxygens (including phenoxy) is 1. The Balaban J connectivity index is 1.78. The van der Waals surface area contributed by atoms with E-state index < -0.39 is 5.97 Å². The van der Waals surface area contributed by atoms with Crippen LogP contribution >= 0.6 is 0 Å². The second-order valence-electron chi connectivity index (χ2n) is 5.96. The van der Waals surface area contributed by atoms with Crippen molar-refractivity contribution in [2.24, 2.45) is 0 Å². The van der Waals surface area contributed by atoms with E-state index in [2.05, 4.69) is 10.3 Å². The maximum atomic E-state index is 12.4. The summed E-state index contributed by atoms with van der Waals surface area (Å²) in [6, 6.07) is 9.10. The lowest BCUT2D eigenvalue weighted by Crippen LogP contribution is -2.14. The number of anilines is 1. The summed E-state index contributed by atoms with van der Waals surface area (Å²) < 4.78 is 7.28. The zero-order valence-corrected chi connectivity index (χ0v) is 14.4. The molecule has 6 nitrogen and oxygen atoms in total. The molecule has 0 unspecified atom stereocenters. The van der Waals surface area contributed by atoms with E-state index in [9.17, 15) is 9.59 Å². The van der Waals surface area contributed by atoms with Gasteiger partial charge in [0.1, 0.15) is 12.3 Å². The van der Waals surface area contributed by atoms with Gasteiger partial charge < -0.3 is 14.5 Å². The van der Waals surface area contributed by atoms with Gasteiger partial charge in [0.15, 0.2) is 0 Å². The van der Waals surface area contributed by atoms with Crippen LogP contribution in [0.1, 0.15) is 34.1 Å². The fourth-order valence-electron chi connectivity index (χ4n) is 2.62. The third-order valence-electron chi connectivity index (χ3n) is 3.79. The van der Waals surface area contributed by atoms with Crippen LogP contribution in [0.4, 0.5) is 5.69 Å². The minimum atomic E-state index is -0.499. The third-order valence-corrected chi connectivity index (χ3v) is 3.79. The molecular weight excluding hydrogens is 318 g/mol. The van der Waals surface area contributed by atoms with Crippen LogP contribution in [-0.4, -0.2) is 21.3 Å². The average molecular weight is 337 g/mol. The zero-order chi connectivity index (χ0) is 18.0. The number of carbonyl (C=O) groups is 2. The molecule has 1 N–H and O–H groups in total. The summed E-state index contributed by atoms with van der Waals surface area (Å²) in [5.41, 5.74) is 4.18. The SMILES string of the molecule is CC(=O)Nc1c(C)cccc1C(=O)OCc1cn2cc(C)ccc2n1. The Morgan fingerprint density at radius 2 is 1.96 bits per heavy atom. The fraction of sp³-hybridized carbons (Fsp3) is 0.211. The minimum Gasteiger partial charge on any atom is -0.455 e. The van der Waals surface area contributed by atoms with Gasteiger partial charge in [-0.05, 0) is 37.1 Å². The van der Waals surface area contributed by atoms with Crippen LogP contribution in [0, 0.1) is 13.8 Å². The van der Waals surface area contributed by atoms with Crippen LogP contribution in [0.2, 0.25) is 0 Å². The molecule has 0 bridgehead atoms. The van der Waals surface area contributed by atoms with E-state index in [1.807, 2.05) is 48.8 Å². The summed E-state index contributed by atoms with van der Waals surface area (Å²) in [5.74, 6) is -0.736.